The Morgan fingerprint density at radius 3 is 2.58 bits per heavy atom. The number of pyridine rings is 1. The first kappa shape index (κ1) is 16.8. The van der Waals surface area contributed by atoms with Gasteiger partial charge < -0.3 is 10.2 Å². The number of anilines is 1. The molecule has 134 valence electrons. The predicted molar refractivity (Wildman–Crippen MR) is 100 cm³/mol. The van der Waals surface area contributed by atoms with E-state index in [1.807, 2.05) is 25.1 Å². The van der Waals surface area contributed by atoms with Crippen LogP contribution in [0.15, 0.2) is 42.5 Å². The van der Waals surface area contributed by atoms with Crippen LogP contribution in [0.2, 0.25) is 0 Å². The van der Waals surface area contributed by atoms with Crippen molar-refractivity contribution in [1.82, 2.24) is 10.3 Å². The van der Waals surface area contributed by atoms with Crippen molar-refractivity contribution in [2.24, 2.45) is 0 Å². The van der Waals surface area contributed by atoms with Gasteiger partial charge in [-0.25, -0.2) is 4.98 Å². The molecule has 2 amide bonds. The van der Waals surface area contributed by atoms with Gasteiger partial charge in [0.1, 0.15) is 11.4 Å². The predicted octanol–water partition coefficient (Wildman–Crippen LogP) is 3.35. The van der Waals surface area contributed by atoms with Gasteiger partial charge in [0.2, 0.25) is 0 Å². The van der Waals surface area contributed by atoms with Crippen LogP contribution in [0.4, 0.5) is 5.69 Å². The highest BCUT2D eigenvalue weighted by atomic mass is 16.2. The fraction of sp³-hybridized carbons (Fsp3) is 0.381. The molecule has 1 saturated carbocycles. The highest BCUT2D eigenvalue weighted by Gasteiger charge is 2.32. The Hall–Kier alpha value is -2.69. The zero-order chi connectivity index (χ0) is 18.1. The van der Waals surface area contributed by atoms with Crippen molar-refractivity contribution in [3.63, 3.8) is 0 Å². The van der Waals surface area contributed by atoms with Crippen LogP contribution >= 0.6 is 0 Å². The van der Waals surface area contributed by atoms with Gasteiger partial charge in [-0.05, 0) is 49.9 Å². The van der Waals surface area contributed by atoms with Crippen LogP contribution in [0, 0.1) is 0 Å². The van der Waals surface area contributed by atoms with Crippen LogP contribution in [0.25, 0.3) is 0 Å². The van der Waals surface area contributed by atoms with Crippen LogP contribution in [-0.2, 0) is 6.42 Å². The lowest BCUT2D eigenvalue weighted by Crippen LogP contribution is -2.37. The topological polar surface area (TPSA) is 62.3 Å². The number of carbonyl (C=O) groups is 2. The summed E-state index contributed by atoms with van der Waals surface area (Å²) in [6.45, 7) is 2.04. The normalized spacial score (nSPS) is 19.4. The molecule has 2 heterocycles. The lowest BCUT2D eigenvalue weighted by atomic mass is 10.1. The van der Waals surface area contributed by atoms with Gasteiger partial charge in [0.05, 0.1) is 0 Å². The lowest BCUT2D eigenvalue weighted by molar-refractivity contribution is 0.0932. The molecule has 1 aliphatic heterocycles. The molecule has 1 unspecified atom stereocenters. The maximum atomic E-state index is 13.1. The van der Waals surface area contributed by atoms with Crippen molar-refractivity contribution in [3.8, 4) is 0 Å². The smallest absolute Gasteiger partial charge is 0.277 e. The fourth-order valence-electron chi connectivity index (χ4n) is 4.01. The van der Waals surface area contributed by atoms with E-state index < -0.39 is 0 Å². The van der Waals surface area contributed by atoms with E-state index in [1.54, 1.807) is 23.1 Å². The van der Waals surface area contributed by atoms with Crippen molar-refractivity contribution in [3.05, 3.63) is 59.4 Å². The second kappa shape index (κ2) is 6.90. The number of para-hydroxylation sites is 1. The van der Waals surface area contributed by atoms with Gasteiger partial charge in [-0.15, -0.1) is 0 Å². The van der Waals surface area contributed by atoms with Crippen molar-refractivity contribution in [1.29, 1.82) is 0 Å². The third-order valence-corrected chi connectivity index (χ3v) is 5.32. The summed E-state index contributed by atoms with van der Waals surface area (Å²) in [5.74, 6) is -0.348. The highest BCUT2D eigenvalue weighted by Crippen LogP contribution is 2.32. The lowest BCUT2D eigenvalue weighted by Gasteiger charge is -2.22. The Balaban J connectivity index is 1.56. The maximum Gasteiger partial charge on any atom is 0.277 e. The molecule has 1 aromatic carbocycles. The van der Waals surface area contributed by atoms with E-state index in [4.69, 9.17) is 0 Å². The number of nitrogens with one attached hydrogen (secondary N) is 1. The quantitative estimate of drug-likeness (QED) is 0.924. The van der Waals surface area contributed by atoms with E-state index in [9.17, 15) is 9.59 Å². The molecule has 0 radical (unpaired) electrons. The number of fused-ring (bicyclic) bond motifs is 1. The summed E-state index contributed by atoms with van der Waals surface area (Å²) in [6, 6.07) is 13.3. The van der Waals surface area contributed by atoms with Gasteiger partial charge in [0.25, 0.3) is 11.8 Å². The number of amides is 2. The van der Waals surface area contributed by atoms with Gasteiger partial charge >= 0.3 is 0 Å². The molecule has 0 bridgehead atoms. The maximum absolute atomic E-state index is 13.1. The molecule has 2 aromatic rings. The van der Waals surface area contributed by atoms with Crippen molar-refractivity contribution in [2.75, 3.05) is 4.90 Å². The standard InChI is InChI=1S/C21H23N3O2/c1-14-13-15-7-2-5-12-19(15)24(14)21(26)18-11-6-10-17(23-18)20(25)22-16-8-3-4-9-16/h2,5-7,10-12,14,16H,3-4,8-9,13H2,1H3,(H,22,25). The van der Waals surface area contributed by atoms with Gasteiger partial charge in [-0.2, -0.15) is 0 Å². The summed E-state index contributed by atoms with van der Waals surface area (Å²) in [4.78, 5) is 31.7. The molecule has 4 rings (SSSR count). The number of carbonyl (C=O) groups excluding carboxylic acids is 2. The SMILES string of the molecule is CC1Cc2ccccc2N1C(=O)c1cccc(C(=O)NC2CCCC2)n1. The van der Waals surface area contributed by atoms with E-state index in [1.165, 1.54) is 5.56 Å². The van der Waals surface area contributed by atoms with Crippen molar-refractivity contribution in [2.45, 2.75) is 51.1 Å². The van der Waals surface area contributed by atoms with Crippen LogP contribution in [0.3, 0.4) is 0 Å². The summed E-state index contributed by atoms with van der Waals surface area (Å²) in [7, 11) is 0. The molecule has 1 aliphatic carbocycles. The summed E-state index contributed by atoms with van der Waals surface area (Å²) in [6.07, 6.45) is 5.19. The van der Waals surface area contributed by atoms with E-state index in [-0.39, 0.29) is 23.9 Å². The van der Waals surface area contributed by atoms with Crippen molar-refractivity contribution < 1.29 is 9.59 Å². The van der Waals surface area contributed by atoms with E-state index in [2.05, 4.69) is 16.4 Å². The van der Waals surface area contributed by atoms with Crippen LogP contribution < -0.4 is 10.2 Å². The monoisotopic (exact) mass is 349 g/mol. The average molecular weight is 349 g/mol. The Bertz CT molecular complexity index is 843. The molecular weight excluding hydrogens is 326 g/mol. The molecule has 1 N–H and O–H groups in total. The number of hydrogen-bond acceptors (Lipinski definition) is 3. The highest BCUT2D eigenvalue weighted by molar-refractivity contribution is 6.07. The summed E-state index contributed by atoms with van der Waals surface area (Å²) in [5.41, 5.74) is 2.73. The number of aromatic nitrogens is 1. The zero-order valence-corrected chi connectivity index (χ0v) is 14.9. The molecule has 0 spiro atoms. The van der Waals surface area contributed by atoms with E-state index in [0.29, 0.717) is 11.4 Å². The number of rotatable bonds is 3. The molecule has 5 nitrogen and oxygen atoms in total. The van der Waals surface area contributed by atoms with Gasteiger partial charge in [-0.1, -0.05) is 37.1 Å². The molecule has 1 atom stereocenters. The Morgan fingerprint density at radius 1 is 1.04 bits per heavy atom. The van der Waals surface area contributed by atoms with Gasteiger partial charge in [0.15, 0.2) is 0 Å². The van der Waals surface area contributed by atoms with E-state index >= 15 is 0 Å². The number of nitrogens with zero attached hydrogens (tertiary/aromatic N) is 2. The van der Waals surface area contributed by atoms with Crippen LogP contribution in [0.5, 0.6) is 0 Å². The molecule has 26 heavy (non-hydrogen) atoms. The molecule has 0 saturated heterocycles. The minimum atomic E-state index is -0.193. The minimum absolute atomic E-state index is 0.0812. The average Bonchev–Trinajstić information content (AvgIpc) is 3.27. The Kier molecular flexibility index (Phi) is 4.45. The first-order chi connectivity index (χ1) is 12.6. The Labute approximate surface area is 153 Å². The third kappa shape index (κ3) is 3.09. The first-order valence-corrected chi connectivity index (χ1v) is 9.33. The van der Waals surface area contributed by atoms with Crippen molar-refractivity contribution >= 4 is 17.5 Å². The molecule has 1 aromatic heterocycles. The summed E-state index contributed by atoms with van der Waals surface area (Å²) < 4.78 is 0. The number of hydrogen-bond donors (Lipinski definition) is 1. The largest absolute Gasteiger partial charge is 0.348 e. The van der Waals surface area contributed by atoms with Gasteiger partial charge in [-0.3, -0.25) is 9.59 Å². The van der Waals surface area contributed by atoms with Crippen LogP contribution in [-0.4, -0.2) is 28.9 Å². The molecule has 1 fully saturated rings. The zero-order valence-electron chi connectivity index (χ0n) is 14.9. The molecular formula is C21H23N3O2. The second-order valence-corrected chi connectivity index (χ2v) is 7.22. The fourth-order valence-corrected chi connectivity index (χ4v) is 4.01. The minimum Gasteiger partial charge on any atom is -0.348 e. The molecule has 2 aliphatic rings. The molecule has 5 heteroatoms. The van der Waals surface area contributed by atoms with E-state index in [0.717, 1.165) is 37.8 Å². The second-order valence-electron chi connectivity index (χ2n) is 7.22. The van der Waals surface area contributed by atoms with Crippen LogP contribution in [0.1, 0.15) is 59.1 Å². The first-order valence-electron chi connectivity index (χ1n) is 9.33. The summed E-state index contributed by atoms with van der Waals surface area (Å²) in [5, 5.41) is 3.03. The third-order valence-electron chi connectivity index (χ3n) is 5.32. The number of benzene rings is 1. The van der Waals surface area contributed by atoms with Gasteiger partial charge in [0, 0.05) is 17.8 Å². The Morgan fingerprint density at radius 2 is 1.77 bits per heavy atom. The summed E-state index contributed by atoms with van der Waals surface area (Å²) >= 11 is 0.